The molecule has 0 atom stereocenters. The molecule has 0 unspecified atom stereocenters. The van der Waals surface area contributed by atoms with E-state index in [-0.39, 0.29) is 12.5 Å². The van der Waals surface area contributed by atoms with Gasteiger partial charge >= 0.3 is 0 Å². The second kappa shape index (κ2) is 7.19. The van der Waals surface area contributed by atoms with Crippen molar-refractivity contribution in [1.82, 2.24) is 5.32 Å². The lowest BCUT2D eigenvalue weighted by molar-refractivity contribution is -0.123. The Hall–Kier alpha value is -1.20. The van der Waals surface area contributed by atoms with Gasteiger partial charge in [-0.05, 0) is 17.7 Å². The number of nitrogens with one attached hydrogen (secondary N) is 1. The number of primary amides is 1. The molecule has 0 saturated heterocycles. The zero-order valence-electron chi connectivity index (χ0n) is 9.11. The molecule has 0 aliphatic carbocycles. The lowest BCUT2D eigenvalue weighted by Gasteiger charge is -2.03. The van der Waals surface area contributed by atoms with Gasteiger partial charge in [0.25, 0.3) is 0 Å². The molecule has 92 valence electrons. The van der Waals surface area contributed by atoms with Crippen molar-refractivity contribution in [3.63, 3.8) is 0 Å². The van der Waals surface area contributed by atoms with E-state index in [9.17, 15) is 9.59 Å². The van der Waals surface area contributed by atoms with Crippen molar-refractivity contribution in [2.45, 2.75) is 5.75 Å². The van der Waals surface area contributed by atoms with E-state index < -0.39 is 5.91 Å². The van der Waals surface area contributed by atoms with Crippen LogP contribution in [0.4, 0.5) is 0 Å². The first kappa shape index (κ1) is 13.9. The normalized spacial score (nSPS) is 9.94. The molecule has 0 saturated carbocycles. The van der Waals surface area contributed by atoms with E-state index in [1.807, 2.05) is 18.2 Å². The zero-order valence-corrected chi connectivity index (χ0v) is 10.7. The highest BCUT2D eigenvalue weighted by atomic mass is 35.5. The molecule has 1 aromatic rings. The van der Waals surface area contributed by atoms with Crippen LogP contribution in [-0.4, -0.2) is 24.1 Å². The molecular weight excluding hydrogens is 260 g/mol. The first-order valence-electron chi connectivity index (χ1n) is 4.95. The van der Waals surface area contributed by atoms with E-state index in [0.29, 0.717) is 16.5 Å². The van der Waals surface area contributed by atoms with Gasteiger partial charge in [0.15, 0.2) is 0 Å². The molecule has 1 aromatic carbocycles. The standard InChI is InChI=1S/C11H13ClN2O2S/c12-9-3-1-2-8(4-9)6-17-7-11(16)14-5-10(13)15/h1-4H,5-7H2,(H2,13,15)(H,14,16). The molecule has 0 aromatic heterocycles. The summed E-state index contributed by atoms with van der Waals surface area (Å²) in [6, 6.07) is 7.47. The van der Waals surface area contributed by atoms with Gasteiger partial charge in [0.05, 0.1) is 12.3 Å². The van der Waals surface area contributed by atoms with Crippen LogP contribution < -0.4 is 11.1 Å². The number of hydrogen-bond acceptors (Lipinski definition) is 3. The maximum Gasteiger partial charge on any atom is 0.236 e. The van der Waals surface area contributed by atoms with Crippen LogP contribution in [0.15, 0.2) is 24.3 Å². The first-order valence-corrected chi connectivity index (χ1v) is 6.48. The summed E-state index contributed by atoms with van der Waals surface area (Å²) < 4.78 is 0. The van der Waals surface area contributed by atoms with Gasteiger partial charge in [-0.2, -0.15) is 0 Å². The molecule has 3 N–H and O–H groups in total. The second-order valence-electron chi connectivity index (χ2n) is 3.37. The Balaban J connectivity index is 2.23. The van der Waals surface area contributed by atoms with Crippen LogP contribution in [0.5, 0.6) is 0 Å². The van der Waals surface area contributed by atoms with Crippen molar-refractivity contribution < 1.29 is 9.59 Å². The van der Waals surface area contributed by atoms with Gasteiger partial charge in [0, 0.05) is 10.8 Å². The van der Waals surface area contributed by atoms with Crippen LogP contribution >= 0.6 is 23.4 Å². The molecule has 0 aliphatic rings. The third kappa shape index (κ3) is 6.19. The number of carbonyl (C=O) groups excluding carboxylic acids is 2. The van der Waals surface area contributed by atoms with E-state index in [4.69, 9.17) is 17.3 Å². The maximum absolute atomic E-state index is 11.2. The number of nitrogens with two attached hydrogens (primary N) is 1. The van der Waals surface area contributed by atoms with Crippen LogP contribution in [0.1, 0.15) is 5.56 Å². The predicted octanol–water partition coefficient (Wildman–Crippen LogP) is 1.17. The minimum Gasteiger partial charge on any atom is -0.368 e. The summed E-state index contributed by atoms with van der Waals surface area (Å²) in [5.74, 6) is 0.249. The minimum atomic E-state index is -0.543. The Morgan fingerprint density at radius 2 is 2.18 bits per heavy atom. The molecule has 0 radical (unpaired) electrons. The van der Waals surface area contributed by atoms with E-state index in [0.717, 1.165) is 5.56 Å². The van der Waals surface area contributed by atoms with E-state index >= 15 is 0 Å². The van der Waals surface area contributed by atoms with Crippen molar-refractivity contribution in [3.8, 4) is 0 Å². The number of rotatable bonds is 6. The summed E-state index contributed by atoms with van der Waals surface area (Å²) in [5, 5.41) is 3.10. The van der Waals surface area contributed by atoms with Crippen molar-refractivity contribution in [1.29, 1.82) is 0 Å². The molecule has 17 heavy (non-hydrogen) atoms. The summed E-state index contributed by atoms with van der Waals surface area (Å²) in [7, 11) is 0. The van der Waals surface area contributed by atoms with E-state index in [1.54, 1.807) is 6.07 Å². The van der Waals surface area contributed by atoms with Crippen molar-refractivity contribution in [2.24, 2.45) is 5.73 Å². The second-order valence-corrected chi connectivity index (χ2v) is 4.79. The third-order valence-corrected chi connectivity index (χ3v) is 3.09. The fourth-order valence-corrected chi connectivity index (χ4v) is 2.14. The molecular formula is C11H13ClN2O2S. The summed E-state index contributed by atoms with van der Waals surface area (Å²) in [4.78, 5) is 21.7. The molecule has 1 rings (SSSR count). The molecule has 0 spiro atoms. The van der Waals surface area contributed by atoms with Crippen molar-refractivity contribution in [2.75, 3.05) is 12.3 Å². The van der Waals surface area contributed by atoms with E-state index in [1.165, 1.54) is 11.8 Å². The molecule has 2 amide bonds. The Labute approximate surface area is 109 Å². The van der Waals surface area contributed by atoms with Crippen LogP contribution in [-0.2, 0) is 15.3 Å². The summed E-state index contributed by atoms with van der Waals surface area (Å²) in [6.45, 7) is -0.115. The van der Waals surface area contributed by atoms with Gasteiger partial charge in [-0.1, -0.05) is 23.7 Å². The number of carbonyl (C=O) groups is 2. The molecule has 0 bridgehead atoms. The molecule has 0 heterocycles. The number of thioether (sulfide) groups is 1. The van der Waals surface area contributed by atoms with E-state index in [2.05, 4.69) is 5.32 Å². The Kier molecular flexibility index (Phi) is 5.86. The lowest BCUT2D eigenvalue weighted by atomic mass is 10.2. The SMILES string of the molecule is NC(=O)CNC(=O)CSCc1cccc(Cl)c1. The highest BCUT2D eigenvalue weighted by Crippen LogP contribution is 2.16. The Bertz CT molecular complexity index is 412. The summed E-state index contributed by atoms with van der Waals surface area (Å²) >= 11 is 7.28. The van der Waals surface area contributed by atoms with Crippen LogP contribution in [0.3, 0.4) is 0 Å². The largest absolute Gasteiger partial charge is 0.368 e. The van der Waals surface area contributed by atoms with Crippen LogP contribution in [0.2, 0.25) is 5.02 Å². The van der Waals surface area contributed by atoms with Crippen LogP contribution in [0.25, 0.3) is 0 Å². The van der Waals surface area contributed by atoms with Gasteiger partial charge in [-0.3, -0.25) is 9.59 Å². The highest BCUT2D eigenvalue weighted by molar-refractivity contribution is 7.99. The summed E-state index contributed by atoms with van der Waals surface area (Å²) in [6.07, 6.45) is 0. The van der Waals surface area contributed by atoms with Gasteiger partial charge < -0.3 is 11.1 Å². The monoisotopic (exact) mass is 272 g/mol. The van der Waals surface area contributed by atoms with Crippen LogP contribution in [0, 0.1) is 0 Å². The topological polar surface area (TPSA) is 72.2 Å². The average molecular weight is 273 g/mol. The van der Waals surface area contributed by atoms with Gasteiger partial charge in [0.1, 0.15) is 0 Å². The zero-order chi connectivity index (χ0) is 12.7. The predicted molar refractivity (Wildman–Crippen MR) is 69.8 cm³/mol. The first-order chi connectivity index (χ1) is 8.08. The maximum atomic E-state index is 11.2. The minimum absolute atomic E-state index is 0.115. The fourth-order valence-electron chi connectivity index (χ4n) is 1.13. The third-order valence-electron chi connectivity index (χ3n) is 1.85. The number of amides is 2. The lowest BCUT2D eigenvalue weighted by Crippen LogP contribution is -2.34. The highest BCUT2D eigenvalue weighted by Gasteiger charge is 2.03. The number of benzene rings is 1. The van der Waals surface area contributed by atoms with Gasteiger partial charge in [0.2, 0.25) is 11.8 Å². The Morgan fingerprint density at radius 1 is 1.41 bits per heavy atom. The fraction of sp³-hybridized carbons (Fsp3) is 0.273. The number of hydrogen-bond donors (Lipinski definition) is 2. The molecule has 0 fully saturated rings. The van der Waals surface area contributed by atoms with Gasteiger partial charge in [-0.25, -0.2) is 0 Å². The molecule has 6 heteroatoms. The smallest absolute Gasteiger partial charge is 0.236 e. The van der Waals surface area contributed by atoms with Gasteiger partial charge in [-0.15, -0.1) is 11.8 Å². The van der Waals surface area contributed by atoms with Crippen molar-refractivity contribution >= 4 is 35.2 Å². The molecule has 4 nitrogen and oxygen atoms in total. The Morgan fingerprint density at radius 3 is 2.82 bits per heavy atom. The quantitative estimate of drug-likeness (QED) is 0.817. The average Bonchev–Trinajstić information content (AvgIpc) is 2.26. The van der Waals surface area contributed by atoms with Crippen molar-refractivity contribution in [3.05, 3.63) is 34.9 Å². The molecule has 0 aliphatic heterocycles. The number of halogens is 1. The summed E-state index contributed by atoms with van der Waals surface area (Å²) in [5.41, 5.74) is 5.96.